The van der Waals surface area contributed by atoms with Crippen molar-refractivity contribution in [2.24, 2.45) is 0 Å². The minimum atomic E-state index is -0.284. The lowest BCUT2D eigenvalue weighted by Gasteiger charge is -2.32. The molecule has 1 aliphatic rings. The summed E-state index contributed by atoms with van der Waals surface area (Å²) in [5, 5.41) is 17.8. The number of rotatable bonds is 4. The van der Waals surface area contributed by atoms with E-state index in [1.165, 1.54) is 0 Å². The second-order valence-corrected chi connectivity index (χ2v) is 4.01. The van der Waals surface area contributed by atoms with Gasteiger partial charge in [-0.15, -0.1) is 0 Å². The smallest absolute Gasteiger partial charge is 0.224 e. The van der Waals surface area contributed by atoms with Crippen LogP contribution < -0.4 is 16.0 Å². The van der Waals surface area contributed by atoms with E-state index < -0.39 is 0 Å². The molecule has 2 rings (SSSR count). The fraction of sp³-hybridized carbons (Fsp3) is 0.417. The molecule has 1 aromatic rings. The molecule has 5 heteroatoms. The number of benzene rings is 1. The van der Waals surface area contributed by atoms with Crippen LogP contribution in [0.2, 0.25) is 0 Å². The summed E-state index contributed by atoms with van der Waals surface area (Å²) < 4.78 is 0. The van der Waals surface area contributed by atoms with Gasteiger partial charge < -0.3 is 10.4 Å². The van der Waals surface area contributed by atoms with Crippen molar-refractivity contribution in [3.05, 3.63) is 35.9 Å². The zero-order chi connectivity index (χ0) is 12.1. The number of aliphatic hydroxyl groups is 1. The normalized spacial score (nSPS) is 24.4. The van der Waals surface area contributed by atoms with Crippen molar-refractivity contribution in [2.75, 3.05) is 13.2 Å². The fourth-order valence-electron chi connectivity index (χ4n) is 1.93. The van der Waals surface area contributed by atoms with Crippen LogP contribution in [0.3, 0.4) is 0 Å². The van der Waals surface area contributed by atoms with Crippen molar-refractivity contribution < 1.29 is 9.90 Å². The first kappa shape index (κ1) is 12.0. The first-order chi connectivity index (χ1) is 8.29. The van der Waals surface area contributed by atoms with Gasteiger partial charge in [0.1, 0.15) is 6.29 Å². The van der Waals surface area contributed by atoms with Gasteiger partial charge in [-0.3, -0.25) is 15.4 Å². The maximum Gasteiger partial charge on any atom is 0.224 e. The molecule has 0 bridgehead atoms. The summed E-state index contributed by atoms with van der Waals surface area (Å²) >= 11 is 0. The Morgan fingerprint density at radius 2 is 2.12 bits per heavy atom. The van der Waals surface area contributed by atoms with Gasteiger partial charge >= 0.3 is 0 Å². The van der Waals surface area contributed by atoms with E-state index in [-0.39, 0.29) is 24.8 Å². The summed E-state index contributed by atoms with van der Waals surface area (Å²) in [6.07, 6.45) is 0.148. The van der Waals surface area contributed by atoms with Crippen LogP contribution in [0.5, 0.6) is 0 Å². The van der Waals surface area contributed by atoms with Gasteiger partial charge in [-0.25, -0.2) is 0 Å². The Labute approximate surface area is 100 Å². The second-order valence-electron chi connectivity index (χ2n) is 4.01. The molecule has 1 aliphatic heterocycles. The Bertz CT molecular complexity index is 369. The maximum absolute atomic E-state index is 11.6. The van der Waals surface area contributed by atoms with Crippen molar-refractivity contribution in [3.8, 4) is 0 Å². The molecule has 1 heterocycles. The van der Waals surface area contributed by atoms with E-state index in [2.05, 4.69) is 16.0 Å². The van der Waals surface area contributed by atoms with E-state index in [1.807, 2.05) is 30.3 Å². The van der Waals surface area contributed by atoms with Crippen LogP contribution in [0.1, 0.15) is 18.0 Å². The van der Waals surface area contributed by atoms with Crippen molar-refractivity contribution in [1.29, 1.82) is 0 Å². The van der Waals surface area contributed by atoms with Gasteiger partial charge in [-0.05, 0) is 5.56 Å². The number of carbonyl (C=O) groups excluding carboxylic acids is 1. The molecule has 1 fully saturated rings. The summed E-state index contributed by atoms with van der Waals surface area (Å²) in [6, 6.07) is 9.88. The lowest BCUT2D eigenvalue weighted by Crippen LogP contribution is -2.60. The predicted molar refractivity (Wildman–Crippen MR) is 64.0 cm³/mol. The largest absolute Gasteiger partial charge is 0.395 e. The quantitative estimate of drug-likeness (QED) is 0.578. The Hall–Kier alpha value is -1.43. The van der Waals surface area contributed by atoms with Crippen LogP contribution in [-0.4, -0.2) is 30.5 Å². The first-order valence-electron chi connectivity index (χ1n) is 5.74. The van der Waals surface area contributed by atoms with Crippen LogP contribution in [0.4, 0.5) is 0 Å². The molecule has 0 aromatic heterocycles. The zero-order valence-corrected chi connectivity index (χ0v) is 9.52. The Morgan fingerprint density at radius 3 is 2.82 bits per heavy atom. The summed E-state index contributed by atoms with van der Waals surface area (Å²) in [7, 11) is 0. The minimum Gasteiger partial charge on any atom is -0.395 e. The van der Waals surface area contributed by atoms with Crippen molar-refractivity contribution in [2.45, 2.75) is 18.8 Å². The highest BCUT2D eigenvalue weighted by Crippen LogP contribution is 2.18. The van der Waals surface area contributed by atoms with Gasteiger partial charge in [0.2, 0.25) is 5.91 Å². The van der Waals surface area contributed by atoms with Gasteiger partial charge in [-0.2, -0.15) is 0 Å². The number of carbonyl (C=O) groups is 1. The summed E-state index contributed by atoms with van der Waals surface area (Å²) in [6.45, 7) is 0.490. The molecule has 0 saturated carbocycles. The number of hydrogen-bond acceptors (Lipinski definition) is 4. The molecule has 1 aromatic carbocycles. The van der Waals surface area contributed by atoms with E-state index in [0.29, 0.717) is 13.0 Å². The average Bonchev–Trinajstić information content (AvgIpc) is 2.37. The predicted octanol–water partition coefficient (Wildman–Crippen LogP) is -0.297. The summed E-state index contributed by atoms with van der Waals surface area (Å²) in [4.78, 5) is 11.6. The number of nitrogens with one attached hydrogen (secondary N) is 3. The van der Waals surface area contributed by atoms with Gasteiger partial charge in [0, 0.05) is 19.0 Å². The lowest BCUT2D eigenvalue weighted by atomic mass is 10.0. The van der Waals surface area contributed by atoms with Crippen LogP contribution in [-0.2, 0) is 4.79 Å². The van der Waals surface area contributed by atoms with Gasteiger partial charge in [-0.1, -0.05) is 30.3 Å². The van der Waals surface area contributed by atoms with E-state index >= 15 is 0 Å². The van der Waals surface area contributed by atoms with E-state index in [9.17, 15) is 4.79 Å². The van der Waals surface area contributed by atoms with Gasteiger partial charge in [0.15, 0.2) is 0 Å². The second kappa shape index (κ2) is 5.77. The first-order valence-corrected chi connectivity index (χ1v) is 5.74. The monoisotopic (exact) mass is 235 g/mol. The Morgan fingerprint density at radius 1 is 1.35 bits per heavy atom. The lowest BCUT2D eigenvalue weighted by molar-refractivity contribution is -0.124. The van der Waals surface area contributed by atoms with Crippen LogP contribution in [0.15, 0.2) is 30.3 Å². The molecule has 4 N–H and O–H groups in total. The highest BCUT2D eigenvalue weighted by Gasteiger charge is 2.25. The third-order valence-electron chi connectivity index (χ3n) is 2.72. The molecule has 1 amide bonds. The molecule has 5 nitrogen and oxygen atoms in total. The third-order valence-corrected chi connectivity index (χ3v) is 2.72. The van der Waals surface area contributed by atoms with Gasteiger partial charge in [0.25, 0.3) is 0 Å². The number of amides is 1. The third kappa shape index (κ3) is 3.26. The highest BCUT2D eigenvalue weighted by molar-refractivity contribution is 5.77. The zero-order valence-electron chi connectivity index (χ0n) is 9.52. The molecule has 2 unspecified atom stereocenters. The Kier molecular flexibility index (Phi) is 4.08. The molecule has 17 heavy (non-hydrogen) atoms. The van der Waals surface area contributed by atoms with Crippen molar-refractivity contribution in [3.63, 3.8) is 0 Å². The highest BCUT2D eigenvalue weighted by atomic mass is 16.3. The minimum absolute atomic E-state index is 0.00745. The van der Waals surface area contributed by atoms with Crippen LogP contribution in [0, 0.1) is 0 Å². The molecule has 0 radical (unpaired) electrons. The molecule has 0 spiro atoms. The van der Waals surface area contributed by atoms with E-state index in [4.69, 9.17) is 5.11 Å². The maximum atomic E-state index is 11.6. The summed E-state index contributed by atoms with van der Waals surface area (Å²) in [5.74, 6) is 0.00745. The van der Waals surface area contributed by atoms with E-state index in [1.54, 1.807) is 0 Å². The fourth-order valence-corrected chi connectivity index (χ4v) is 1.93. The van der Waals surface area contributed by atoms with Gasteiger partial charge in [0.05, 0.1) is 6.61 Å². The SMILES string of the molecule is O=C1CC(c2ccccc2)NC(NCCO)N1. The topological polar surface area (TPSA) is 73.4 Å². The Balaban J connectivity index is 2.01. The number of aliphatic hydroxyl groups excluding tert-OH is 1. The molecule has 92 valence electrons. The molecular formula is C12H17N3O2. The van der Waals surface area contributed by atoms with Crippen LogP contribution >= 0.6 is 0 Å². The van der Waals surface area contributed by atoms with Crippen molar-refractivity contribution >= 4 is 5.91 Å². The molecular weight excluding hydrogens is 218 g/mol. The number of hydrogen-bond donors (Lipinski definition) is 4. The standard InChI is InChI=1S/C12H17N3O2/c16-7-6-13-12-14-10(8-11(17)15-12)9-4-2-1-3-5-9/h1-5,10,12-14,16H,6-8H2,(H,15,17). The summed E-state index contributed by atoms with van der Waals surface area (Å²) in [5.41, 5.74) is 1.10. The molecule has 1 saturated heterocycles. The average molecular weight is 235 g/mol. The van der Waals surface area contributed by atoms with E-state index in [0.717, 1.165) is 5.56 Å². The van der Waals surface area contributed by atoms with Crippen molar-refractivity contribution in [1.82, 2.24) is 16.0 Å². The molecule has 2 atom stereocenters. The molecule has 0 aliphatic carbocycles. The van der Waals surface area contributed by atoms with Crippen LogP contribution in [0.25, 0.3) is 0 Å².